The number of benzene rings is 2. The molecule has 2 aliphatic rings. The lowest BCUT2D eigenvalue weighted by atomic mass is 9.83. The van der Waals surface area contributed by atoms with Gasteiger partial charge in [0, 0.05) is 24.3 Å². The number of fused-ring (bicyclic) bond motifs is 6. The number of esters is 1. The van der Waals surface area contributed by atoms with Crippen molar-refractivity contribution >= 4 is 18.1 Å². The van der Waals surface area contributed by atoms with Gasteiger partial charge in [-0.2, -0.15) is 0 Å². The van der Waals surface area contributed by atoms with Gasteiger partial charge in [0.1, 0.15) is 11.5 Å². The van der Waals surface area contributed by atoms with Crippen molar-refractivity contribution in [2.24, 2.45) is 0 Å². The summed E-state index contributed by atoms with van der Waals surface area (Å²) in [7, 11) is 2.78. The van der Waals surface area contributed by atoms with Crippen molar-refractivity contribution in [2.45, 2.75) is 71.2 Å². The van der Waals surface area contributed by atoms with Crippen molar-refractivity contribution < 1.29 is 33.6 Å². The summed E-state index contributed by atoms with van der Waals surface area (Å²) < 4.78 is 29.0. The molecular formula is C30H36O7. The van der Waals surface area contributed by atoms with Crippen LogP contribution < -0.4 is 9.47 Å². The van der Waals surface area contributed by atoms with Gasteiger partial charge in [0.15, 0.2) is 6.29 Å². The van der Waals surface area contributed by atoms with Gasteiger partial charge in [0.25, 0.3) is 0 Å². The minimum absolute atomic E-state index is 0.156. The number of rotatable bonds is 5. The predicted octanol–water partition coefficient (Wildman–Crippen LogP) is 5.94. The quantitative estimate of drug-likeness (QED) is 0.304. The van der Waals surface area contributed by atoms with E-state index in [4.69, 9.17) is 23.7 Å². The Morgan fingerprint density at radius 3 is 1.78 bits per heavy atom. The lowest BCUT2D eigenvalue weighted by Gasteiger charge is -2.40. The van der Waals surface area contributed by atoms with Crippen molar-refractivity contribution in [3.8, 4) is 11.5 Å². The molecular weight excluding hydrogens is 472 g/mol. The second-order valence-electron chi connectivity index (χ2n) is 11.3. The van der Waals surface area contributed by atoms with Gasteiger partial charge >= 0.3 is 5.97 Å². The standard InChI is InChI=1S/C30H36O7/c1-29(2,3)19-13-17(9-11-23(31)33-7)25-21(15-19)27-36-26-18(10-12-24(32)34-8)14-20(30(4,5)6)16-22(26)28(35-25)37-27/h9-16,23,27-28,31H,1-8H3/b11-9+,12-10+. The van der Waals surface area contributed by atoms with E-state index in [2.05, 4.69) is 47.6 Å². The van der Waals surface area contributed by atoms with Gasteiger partial charge in [0.2, 0.25) is 12.6 Å². The summed E-state index contributed by atoms with van der Waals surface area (Å²) in [5.74, 6) is 0.786. The molecule has 2 heterocycles. The van der Waals surface area contributed by atoms with Gasteiger partial charge in [-0.15, -0.1) is 0 Å². The number of carbonyl (C=O) groups is 1. The Hall–Kier alpha value is -3.13. The van der Waals surface area contributed by atoms with E-state index in [0.29, 0.717) is 11.5 Å². The summed E-state index contributed by atoms with van der Waals surface area (Å²) in [4.78, 5) is 11.9. The molecule has 1 N–H and O–H groups in total. The van der Waals surface area contributed by atoms with Gasteiger partial charge in [-0.05, 0) is 58.4 Å². The number of methoxy groups -OCH3 is 2. The van der Waals surface area contributed by atoms with Crippen LogP contribution >= 0.6 is 0 Å². The fraction of sp³-hybridized carbons (Fsp3) is 0.433. The number of carbonyl (C=O) groups excluding carboxylic acids is 1. The molecule has 7 nitrogen and oxygen atoms in total. The Morgan fingerprint density at radius 1 is 0.865 bits per heavy atom. The van der Waals surface area contributed by atoms with Crippen LogP contribution in [0.5, 0.6) is 11.5 Å². The summed E-state index contributed by atoms with van der Waals surface area (Å²) in [6.45, 7) is 12.7. The van der Waals surface area contributed by atoms with Crippen LogP contribution in [0.3, 0.4) is 0 Å². The van der Waals surface area contributed by atoms with E-state index in [9.17, 15) is 9.90 Å². The molecule has 0 spiro atoms. The predicted molar refractivity (Wildman–Crippen MR) is 141 cm³/mol. The van der Waals surface area contributed by atoms with Crippen LogP contribution in [0.15, 0.2) is 36.4 Å². The van der Waals surface area contributed by atoms with Crippen LogP contribution in [0.4, 0.5) is 0 Å². The molecule has 3 atom stereocenters. The molecule has 2 aromatic rings. The number of hydrogen-bond donors (Lipinski definition) is 1. The molecule has 0 aliphatic carbocycles. The van der Waals surface area contributed by atoms with Gasteiger partial charge in [-0.3, -0.25) is 4.74 Å². The summed E-state index contributed by atoms with van der Waals surface area (Å²) >= 11 is 0. The van der Waals surface area contributed by atoms with Gasteiger partial charge in [-0.1, -0.05) is 47.6 Å². The maximum Gasteiger partial charge on any atom is 0.330 e. The summed E-state index contributed by atoms with van der Waals surface area (Å²) in [6, 6.07) is 8.14. The molecule has 2 aliphatic heterocycles. The molecule has 0 saturated carbocycles. The number of hydrogen-bond acceptors (Lipinski definition) is 7. The molecule has 7 heteroatoms. The van der Waals surface area contributed by atoms with E-state index < -0.39 is 24.8 Å². The van der Waals surface area contributed by atoms with Crippen LogP contribution in [-0.2, 0) is 29.8 Å². The summed E-state index contributed by atoms with van der Waals surface area (Å²) in [6.07, 6.45) is 3.98. The minimum atomic E-state index is -1.04. The van der Waals surface area contributed by atoms with Crippen LogP contribution in [0.1, 0.15) is 87.5 Å². The third-order valence-electron chi connectivity index (χ3n) is 6.51. The van der Waals surface area contributed by atoms with Gasteiger partial charge in [0.05, 0.1) is 18.2 Å². The topological polar surface area (TPSA) is 83.5 Å². The third kappa shape index (κ3) is 5.59. The molecule has 2 bridgehead atoms. The Labute approximate surface area is 218 Å². The highest BCUT2D eigenvalue weighted by Crippen LogP contribution is 2.52. The highest BCUT2D eigenvalue weighted by molar-refractivity contribution is 5.87. The molecule has 0 aromatic heterocycles. The zero-order valence-electron chi connectivity index (χ0n) is 22.7. The Bertz CT molecular complexity index is 1240. The Kier molecular flexibility index (Phi) is 7.25. The molecule has 0 saturated heterocycles. The van der Waals surface area contributed by atoms with Crippen LogP contribution in [0.25, 0.3) is 12.2 Å². The molecule has 0 amide bonds. The fourth-order valence-corrected chi connectivity index (χ4v) is 4.23. The molecule has 2 aromatic carbocycles. The number of aliphatic hydroxyl groups is 1. The molecule has 4 rings (SSSR count). The third-order valence-corrected chi connectivity index (χ3v) is 6.51. The average molecular weight is 509 g/mol. The molecule has 0 fully saturated rings. The molecule has 37 heavy (non-hydrogen) atoms. The normalized spacial score (nSPS) is 19.7. The zero-order chi connectivity index (χ0) is 27.1. The minimum Gasteiger partial charge on any atom is -0.466 e. The number of ether oxygens (including phenoxy) is 5. The maximum absolute atomic E-state index is 11.9. The highest BCUT2D eigenvalue weighted by Gasteiger charge is 2.41. The van der Waals surface area contributed by atoms with Crippen molar-refractivity contribution in [1.29, 1.82) is 0 Å². The highest BCUT2D eigenvalue weighted by atomic mass is 16.8. The average Bonchev–Trinajstić information content (AvgIpc) is 2.84. The molecule has 3 unspecified atom stereocenters. The lowest BCUT2D eigenvalue weighted by molar-refractivity contribution is -0.227. The first-order chi connectivity index (χ1) is 17.3. The van der Waals surface area contributed by atoms with Crippen molar-refractivity contribution in [3.05, 3.63) is 69.8 Å². The largest absolute Gasteiger partial charge is 0.466 e. The fourth-order valence-electron chi connectivity index (χ4n) is 4.23. The van der Waals surface area contributed by atoms with Gasteiger partial charge < -0.3 is 24.1 Å². The van der Waals surface area contributed by atoms with Gasteiger partial charge in [-0.25, -0.2) is 4.79 Å². The van der Waals surface area contributed by atoms with E-state index in [0.717, 1.165) is 33.4 Å². The van der Waals surface area contributed by atoms with E-state index in [1.54, 1.807) is 18.2 Å². The Morgan fingerprint density at radius 2 is 1.35 bits per heavy atom. The Balaban J connectivity index is 1.87. The second-order valence-corrected chi connectivity index (χ2v) is 11.3. The molecule has 0 radical (unpaired) electrons. The summed E-state index contributed by atoms with van der Waals surface area (Å²) in [5.41, 5.74) is 4.81. The van der Waals surface area contributed by atoms with Crippen molar-refractivity contribution in [3.63, 3.8) is 0 Å². The number of aliphatic hydroxyl groups excluding tert-OH is 1. The van der Waals surface area contributed by atoms with E-state index in [1.807, 2.05) is 18.2 Å². The van der Waals surface area contributed by atoms with E-state index >= 15 is 0 Å². The van der Waals surface area contributed by atoms with E-state index in [-0.39, 0.29) is 10.8 Å². The maximum atomic E-state index is 11.9. The lowest BCUT2D eigenvalue weighted by Crippen LogP contribution is -2.32. The first kappa shape index (κ1) is 26.9. The van der Waals surface area contributed by atoms with Crippen molar-refractivity contribution in [2.75, 3.05) is 14.2 Å². The first-order valence-electron chi connectivity index (χ1n) is 12.3. The van der Waals surface area contributed by atoms with Crippen molar-refractivity contribution in [1.82, 2.24) is 0 Å². The first-order valence-corrected chi connectivity index (χ1v) is 12.3. The second kappa shape index (κ2) is 9.97. The smallest absolute Gasteiger partial charge is 0.330 e. The van der Waals surface area contributed by atoms with Crippen LogP contribution in [-0.4, -0.2) is 31.6 Å². The van der Waals surface area contributed by atoms with Crippen LogP contribution in [0, 0.1) is 0 Å². The SMILES string of the molecule is COC(=O)/C=C/c1cc(C(C)(C)C)cc2c1OC1OC2Oc2c(/C=C/C(O)OC)cc(C(C)(C)C)cc21. The zero-order valence-corrected chi connectivity index (χ0v) is 22.7. The van der Waals surface area contributed by atoms with E-state index in [1.165, 1.54) is 20.3 Å². The molecule has 198 valence electrons. The summed E-state index contributed by atoms with van der Waals surface area (Å²) in [5, 5.41) is 9.95. The van der Waals surface area contributed by atoms with Crippen LogP contribution in [0.2, 0.25) is 0 Å². The monoisotopic (exact) mass is 508 g/mol.